The highest BCUT2D eigenvalue weighted by Gasteiger charge is 2.15. The molecule has 5 heteroatoms. The van der Waals surface area contributed by atoms with Crippen LogP contribution in [0.25, 0.3) is 0 Å². The van der Waals surface area contributed by atoms with Gasteiger partial charge >= 0.3 is 5.97 Å². The smallest absolute Gasteiger partial charge is 0.336 e. The Balaban J connectivity index is 2.25. The molecule has 0 atom stereocenters. The summed E-state index contributed by atoms with van der Waals surface area (Å²) in [6.45, 7) is 0. The summed E-state index contributed by atoms with van der Waals surface area (Å²) in [5.74, 6) is -1.55. The van der Waals surface area contributed by atoms with Crippen LogP contribution in [0.2, 0.25) is 0 Å². The highest BCUT2D eigenvalue weighted by Crippen LogP contribution is 2.14. The lowest BCUT2D eigenvalue weighted by molar-refractivity contribution is 0.0692. The number of halogens is 1. The zero-order valence-corrected chi connectivity index (χ0v) is 11.9. The molecule has 2 aromatic carbocycles. The van der Waals surface area contributed by atoms with Gasteiger partial charge in [0.05, 0.1) is 11.1 Å². The molecule has 0 aliphatic rings. The zero-order valence-electron chi connectivity index (χ0n) is 9.76. The molecule has 19 heavy (non-hydrogen) atoms. The van der Waals surface area contributed by atoms with Gasteiger partial charge in [0, 0.05) is 9.26 Å². The van der Waals surface area contributed by atoms with Crippen LogP contribution in [0, 0.1) is 3.57 Å². The molecule has 0 aliphatic heterocycles. The van der Waals surface area contributed by atoms with E-state index in [-0.39, 0.29) is 11.1 Å². The molecule has 0 aliphatic carbocycles. The van der Waals surface area contributed by atoms with Gasteiger partial charge in [0.15, 0.2) is 0 Å². The molecule has 2 aromatic rings. The van der Waals surface area contributed by atoms with Crippen LogP contribution in [-0.2, 0) is 0 Å². The standard InChI is InChI=1S/C14H10INO3/c15-9-5-7-10(8-6-9)16-13(17)11-3-1-2-4-12(11)14(18)19/h1-8H,(H,16,17)(H,18,19). The van der Waals surface area contributed by atoms with Crippen molar-refractivity contribution in [3.8, 4) is 0 Å². The van der Waals surface area contributed by atoms with Gasteiger partial charge in [-0.1, -0.05) is 12.1 Å². The van der Waals surface area contributed by atoms with E-state index in [1.165, 1.54) is 12.1 Å². The lowest BCUT2D eigenvalue weighted by Crippen LogP contribution is -2.16. The Bertz CT molecular complexity index is 623. The molecule has 0 saturated heterocycles. The van der Waals surface area contributed by atoms with Crippen molar-refractivity contribution in [1.82, 2.24) is 0 Å². The predicted molar refractivity (Wildman–Crippen MR) is 80.5 cm³/mol. The molecule has 96 valence electrons. The number of benzene rings is 2. The van der Waals surface area contributed by atoms with Gasteiger partial charge in [0.2, 0.25) is 0 Å². The summed E-state index contributed by atoms with van der Waals surface area (Å²) in [6, 6.07) is 13.4. The molecule has 0 radical (unpaired) electrons. The van der Waals surface area contributed by atoms with Crippen molar-refractivity contribution in [3.05, 3.63) is 63.2 Å². The Morgan fingerprint density at radius 3 is 2.11 bits per heavy atom. The number of carbonyl (C=O) groups is 2. The van der Waals surface area contributed by atoms with Crippen LogP contribution in [0.5, 0.6) is 0 Å². The quantitative estimate of drug-likeness (QED) is 0.819. The van der Waals surface area contributed by atoms with Gasteiger partial charge in [-0.2, -0.15) is 0 Å². The molecule has 0 aromatic heterocycles. The highest BCUT2D eigenvalue weighted by molar-refractivity contribution is 14.1. The van der Waals surface area contributed by atoms with Gasteiger partial charge in [-0.15, -0.1) is 0 Å². The van der Waals surface area contributed by atoms with E-state index in [0.29, 0.717) is 5.69 Å². The number of hydrogen-bond donors (Lipinski definition) is 2. The number of rotatable bonds is 3. The molecule has 0 unspecified atom stereocenters. The number of carboxylic acids is 1. The summed E-state index contributed by atoms with van der Waals surface area (Å²) >= 11 is 2.17. The fraction of sp³-hybridized carbons (Fsp3) is 0. The van der Waals surface area contributed by atoms with Crippen LogP contribution < -0.4 is 5.32 Å². The van der Waals surface area contributed by atoms with Gasteiger partial charge in [0.1, 0.15) is 0 Å². The maximum atomic E-state index is 12.0. The number of carboxylic acid groups (broad SMARTS) is 1. The minimum absolute atomic E-state index is 0.00879. The molecule has 0 fully saturated rings. The number of amides is 1. The molecular formula is C14H10INO3. The Morgan fingerprint density at radius 1 is 0.947 bits per heavy atom. The van der Waals surface area contributed by atoms with Crippen LogP contribution in [0.15, 0.2) is 48.5 Å². The number of nitrogens with one attached hydrogen (secondary N) is 1. The van der Waals surface area contributed by atoms with Gasteiger partial charge in [-0.25, -0.2) is 4.79 Å². The maximum Gasteiger partial charge on any atom is 0.336 e. The first-order valence-corrected chi connectivity index (χ1v) is 6.55. The van der Waals surface area contributed by atoms with E-state index in [2.05, 4.69) is 27.9 Å². The third-order valence-corrected chi connectivity index (χ3v) is 3.22. The van der Waals surface area contributed by atoms with E-state index >= 15 is 0 Å². The monoisotopic (exact) mass is 367 g/mol. The second-order valence-electron chi connectivity index (χ2n) is 3.81. The predicted octanol–water partition coefficient (Wildman–Crippen LogP) is 3.24. The van der Waals surface area contributed by atoms with E-state index in [4.69, 9.17) is 5.11 Å². The van der Waals surface area contributed by atoms with Crippen molar-refractivity contribution in [2.24, 2.45) is 0 Å². The van der Waals surface area contributed by atoms with Crippen molar-refractivity contribution >= 4 is 40.2 Å². The van der Waals surface area contributed by atoms with Crippen molar-refractivity contribution in [3.63, 3.8) is 0 Å². The molecule has 0 spiro atoms. The van der Waals surface area contributed by atoms with Crippen LogP contribution in [0.3, 0.4) is 0 Å². The maximum absolute atomic E-state index is 12.0. The Morgan fingerprint density at radius 2 is 1.53 bits per heavy atom. The SMILES string of the molecule is O=C(O)c1ccccc1C(=O)Nc1ccc(I)cc1. The fourth-order valence-corrected chi connectivity index (χ4v) is 1.96. The van der Waals surface area contributed by atoms with Crippen LogP contribution in [0.4, 0.5) is 5.69 Å². The molecule has 1 amide bonds. The molecule has 0 heterocycles. The summed E-state index contributed by atoms with van der Waals surface area (Å²) < 4.78 is 1.06. The van der Waals surface area contributed by atoms with Crippen LogP contribution in [0.1, 0.15) is 20.7 Å². The second-order valence-corrected chi connectivity index (χ2v) is 5.06. The van der Waals surface area contributed by atoms with E-state index < -0.39 is 11.9 Å². The normalized spacial score (nSPS) is 9.95. The molecule has 2 N–H and O–H groups in total. The van der Waals surface area contributed by atoms with Crippen LogP contribution >= 0.6 is 22.6 Å². The van der Waals surface area contributed by atoms with Gasteiger partial charge in [-0.3, -0.25) is 4.79 Å². The lowest BCUT2D eigenvalue weighted by Gasteiger charge is -2.07. The number of anilines is 1. The first-order valence-electron chi connectivity index (χ1n) is 5.47. The largest absolute Gasteiger partial charge is 0.478 e. The van der Waals surface area contributed by atoms with E-state index in [1.54, 1.807) is 24.3 Å². The van der Waals surface area contributed by atoms with Crippen molar-refractivity contribution in [1.29, 1.82) is 0 Å². The minimum atomic E-state index is -1.12. The fourth-order valence-electron chi connectivity index (χ4n) is 1.60. The van der Waals surface area contributed by atoms with Gasteiger partial charge < -0.3 is 10.4 Å². The third-order valence-electron chi connectivity index (χ3n) is 2.50. The average molecular weight is 367 g/mol. The number of carbonyl (C=O) groups excluding carboxylic acids is 1. The summed E-state index contributed by atoms with van der Waals surface area (Å²) in [5, 5.41) is 11.7. The van der Waals surface area contributed by atoms with Gasteiger partial charge in [0.25, 0.3) is 5.91 Å². The lowest BCUT2D eigenvalue weighted by atomic mass is 10.1. The van der Waals surface area contributed by atoms with Crippen molar-refractivity contribution in [2.45, 2.75) is 0 Å². The summed E-state index contributed by atoms with van der Waals surface area (Å²) in [7, 11) is 0. The Hall–Kier alpha value is -1.89. The van der Waals surface area contributed by atoms with Crippen molar-refractivity contribution < 1.29 is 14.7 Å². The highest BCUT2D eigenvalue weighted by atomic mass is 127. The molecule has 4 nitrogen and oxygen atoms in total. The summed E-state index contributed by atoms with van der Waals surface area (Å²) in [6.07, 6.45) is 0. The Labute approximate surface area is 123 Å². The van der Waals surface area contributed by atoms with E-state index in [1.807, 2.05) is 12.1 Å². The van der Waals surface area contributed by atoms with Crippen molar-refractivity contribution in [2.75, 3.05) is 5.32 Å². The Kier molecular flexibility index (Phi) is 4.16. The molecule has 2 rings (SSSR count). The summed E-state index contributed by atoms with van der Waals surface area (Å²) in [5.41, 5.74) is 0.768. The van der Waals surface area contributed by atoms with Crippen LogP contribution in [-0.4, -0.2) is 17.0 Å². The number of aromatic carboxylic acids is 1. The number of hydrogen-bond acceptors (Lipinski definition) is 2. The minimum Gasteiger partial charge on any atom is -0.478 e. The zero-order chi connectivity index (χ0) is 13.8. The average Bonchev–Trinajstić information content (AvgIpc) is 2.41. The third kappa shape index (κ3) is 3.31. The first-order chi connectivity index (χ1) is 9.08. The van der Waals surface area contributed by atoms with E-state index in [9.17, 15) is 9.59 Å². The van der Waals surface area contributed by atoms with Gasteiger partial charge in [-0.05, 0) is 59.0 Å². The summed E-state index contributed by atoms with van der Waals surface area (Å²) in [4.78, 5) is 23.1. The molecule has 0 saturated carbocycles. The topological polar surface area (TPSA) is 66.4 Å². The molecule has 0 bridgehead atoms. The van der Waals surface area contributed by atoms with E-state index in [0.717, 1.165) is 3.57 Å². The first kappa shape index (κ1) is 13.5. The molecular weight excluding hydrogens is 357 g/mol. The second kappa shape index (κ2) is 5.83.